The van der Waals surface area contributed by atoms with E-state index in [1.165, 1.54) is 18.2 Å². The average Bonchev–Trinajstić information content (AvgIpc) is 3.79. The van der Waals surface area contributed by atoms with Crippen LogP contribution in [-0.2, 0) is 36.1 Å². The maximum Gasteiger partial charge on any atom is 1.00 e. The fourth-order valence-corrected chi connectivity index (χ4v) is 6.18. The summed E-state index contributed by atoms with van der Waals surface area (Å²) in [5.74, 6) is -0.297. The van der Waals surface area contributed by atoms with Crippen LogP contribution in [0.15, 0.2) is 59.6 Å². The molecule has 1 fully saturated rings. The van der Waals surface area contributed by atoms with Crippen molar-refractivity contribution in [1.82, 2.24) is 24.7 Å². The molecule has 0 radical (unpaired) electrons. The van der Waals surface area contributed by atoms with Crippen LogP contribution in [0.5, 0.6) is 0 Å². The van der Waals surface area contributed by atoms with Crippen LogP contribution in [0.4, 0.5) is 27.9 Å². The predicted octanol–water partition coefficient (Wildman–Crippen LogP) is 0.300. The van der Waals surface area contributed by atoms with Crippen LogP contribution in [0.2, 0.25) is 0 Å². The summed E-state index contributed by atoms with van der Waals surface area (Å²) in [4.78, 5) is 32.5. The summed E-state index contributed by atoms with van der Waals surface area (Å²) < 4.78 is 59.5. The summed E-state index contributed by atoms with van der Waals surface area (Å²) >= 11 is 0. The van der Waals surface area contributed by atoms with Crippen LogP contribution in [0.1, 0.15) is 46.2 Å². The van der Waals surface area contributed by atoms with Crippen LogP contribution in [-0.4, -0.2) is 56.2 Å². The fourth-order valence-electron chi connectivity index (χ4n) is 3.79. The number of alkyl carbamates (subject to hydrolysis) is 1. The first kappa shape index (κ1) is 36.2. The average molecular weight is 670 g/mol. The minimum Gasteiger partial charge on any atom is -1.00 e. The number of sulfonamides is 2. The van der Waals surface area contributed by atoms with Gasteiger partial charge in [0.05, 0.1) is 10.1 Å². The molecule has 0 bridgehead atoms. The number of aryl methyl sites for hydroxylation is 1. The molecular formula is C28H36N7NaO7S2. The molecule has 238 valence electrons. The Bertz CT molecular complexity index is 1770. The van der Waals surface area contributed by atoms with Crippen LogP contribution in [0.25, 0.3) is 0 Å². The van der Waals surface area contributed by atoms with E-state index in [1.54, 1.807) is 39.1 Å². The minimum absolute atomic E-state index is 0. The molecule has 3 aromatic rings. The predicted molar refractivity (Wildman–Crippen MR) is 166 cm³/mol. The number of ether oxygens (including phenoxy) is 1. The number of hydrogen-bond donors (Lipinski definition) is 5. The van der Waals surface area contributed by atoms with E-state index in [2.05, 4.69) is 30.6 Å². The van der Waals surface area contributed by atoms with E-state index in [0.29, 0.717) is 30.0 Å². The summed E-state index contributed by atoms with van der Waals surface area (Å²) in [5, 5.41) is 8.08. The summed E-state index contributed by atoms with van der Waals surface area (Å²) in [6.45, 7) is 6.35. The van der Waals surface area contributed by atoms with Crippen LogP contribution >= 0.6 is 0 Å². The van der Waals surface area contributed by atoms with Gasteiger partial charge in [-0.05, 0) is 76.4 Å². The first-order valence-corrected chi connectivity index (χ1v) is 16.7. The van der Waals surface area contributed by atoms with Gasteiger partial charge >= 0.3 is 35.7 Å². The van der Waals surface area contributed by atoms with Gasteiger partial charge in [-0.15, -0.1) is 0 Å². The van der Waals surface area contributed by atoms with Crippen molar-refractivity contribution in [2.45, 2.75) is 62.8 Å². The molecule has 2 amide bonds. The SMILES string of the molecule is Cc1cnc(Nc2cccc(S(=O)(=O)NC(=O)CNC(=O)OC(C)(C)C)c2)nc1Nc1cccc(CNS(=O)(=O)C2CC2)c1.[H-].[Na+]. The summed E-state index contributed by atoms with van der Waals surface area (Å²) in [6.07, 6.45) is 2.11. The molecule has 1 saturated carbocycles. The van der Waals surface area contributed by atoms with Gasteiger partial charge in [0.2, 0.25) is 16.0 Å². The van der Waals surface area contributed by atoms with E-state index < -0.39 is 44.2 Å². The van der Waals surface area contributed by atoms with Gasteiger partial charge in [-0.3, -0.25) is 4.79 Å². The van der Waals surface area contributed by atoms with E-state index in [4.69, 9.17) is 4.74 Å². The summed E-state index contributed by atoms with van der Waals surface area (Å²) in [7, 11) is -7.57. The quantitative estimate of drug-likeness (QED) is 0.166. The van der Waals surface area contributed by atoms with E-state index >= 15 is 0 Å². The molecule has 1 aromatic heterocycles. The monoisotopic (exact) mass is 669 g/mol. The number of carbonyl (C=O) groups excluding carboxylic acids is 2. The Labute approximate surface area is 286 Å². The van der Waals surface area contributed by atoms with Gasteiger partial charge < -0.3 is 22.1 Å². The van der Waals surface area contributed by atoms with Gasteiger partial charge in [0, 0.05) is 29.7 Å². The fraction of sp³-hybridized carbons (Fsp3) is 0.357. The third-order valence-electron chi connectivity index (χ3n) is 6.04. The molecule has 14 nitrogen and oxygen atoms in total. The zero-order chi connectivity index (χ0) is 32.1. The van der Waals surface area contributed by atoms with Gasteiger partial charge in [-0.1, -0.05) is 18.2 Å². The van der Waals surface area contributed by atoms with Gasteiger partial charge in [-0.25, -0.2) is 36.1 Å². The Hall–Kier alpha value is -3.28. The van der Waals surface area contributed by atoms with Gasteiger partial charge in [0.25, 0.3) is 15.9 Å². The molecule has 1 aliphatic rings. The Kier molecular flexibility index (Phi) is 12.0. The Balaban J connectivity index is 0.00000368. The Morgan fingerprint density at radius 1 is 1.00 bits per heavy atom. The number of nitrogens with one attached hydrogen (secondary N) is 5. The van der Waals surface area contributed by atoms with Crippen LogP contribution in [0, 0.1) is 6.92 Å². The number of benzene rings is 2. The van der Waals surface area contributed by atoms with Crippen molar-refractivity contribution in [1.29, 1.82) is 0 Å². The van der Waals surface area contributed by atoms with Crippen molar-refractivity contribution in [2.24, 2.45) is 0 Å². The largest absolute Gasteiger partial charge is 1.00 e. The number of amides is 2. The Morgan fingerprint density at radius 3 is 2.33 bits per heavy atom. The topological polar surface area (TPSA) is 198 Å². The first-order valence-electron chi connectivity index (χ1n) is 13.7. The molecule has 2 aromatic carbocycles. The molecule has 4 rings (SSSR count). The Morgan fingerprint density at radius 2 is 1.67 bits per heavy atom. The smallest absolute Gasteiger partial charge is 1.00 e. The first-order chi connectivity index (χ1) is 20.6. The van der Waals surface area contributed by atoms with Crippen molar-refractivity contribution >= 4 is 55.2 Å². The molecule has 0 unspecified atom stereocenters. The van der Waals surface area contributed by atoms with E-state index in [1.807, 2.05) is 29.8 Å². The molecule has 5 N–H and O–H groups in total. The number of carbonyl (C=O) groups is 2. The minimum atomic E-state index is -4.26. The van der Waals surface area contributed by atoms with Crippen molar-refractivity contribution in [2.75, 3.05) is 17.2 Å². The van der Waals surface area contributed by atoms with Gasteiger partial charge in [0.1, 0.15) is 18.0 Å². The number of nitrogens with zero attached hydrogens (tertiary/aromatic N) is 2. The number of aromatic nitrogens is 2. The zero-order valence-electron chi connectivity index (χ0n) is 26.7. The van der Waals surface area contributed by atoms with Crippen LogP contribution < -0.4 is 55.0 Å². The molecule has 1 heterocycles. The third kappa shape index (κ3) is 11.2. The maximum atomic E-state index is 12.8. The molecule has 17 heteroatoms. The molecule has 45 heavy (non-hydrogen) atoms. The number of rotatable bonds is 12. The van der Waals surface area contributed by atoms with E-state index in [9.17, 15) is 26.4 Å². The normalized spacial score (nSPS) is 13.2. The van der Waals surface area contributed by atoms with Crippen molar-refractivity contribution < 1.29 is 62.1 Å². The zero-order valence-corrected chi connectivity index (χ0v) is 29.3. The van der Waals surface area contributed by atoms with Crippen molar-refractivity contribution in [3.8, 4) is 0 Å². The summed E-state index contributed by atoms with van der Waals surface area (Å²) in [5.41, 5.74) is 1.75. The van der Waals surface area contributed by atoms with Crippen LogP contribution in [0.3, 0.4) is 0 Å². The standard InChI is InChI=1S/C28H35N7O7S2.Na.H/c1-18-15-29-26(34-25(18)32-20-8-5-7-19(13-20)16-31-43(38,39)22-11-12-22)33-21-9-6-10-23(14-21)44(40,41)35-24(36)17-30-27(37)42-28(2,3)4;;/h5-10,13-15,22,31H,11-12,16-17H2,1-4H3,(H,30,37)(H,35,36)(H2,29,32,33,34);;/q;+1;-1. The van der Waals surface area contributed by atoms with Gasteiger partial charge in [-0.2, -0.15) is 4.98 Å². The number of hydrogen-bond acceptors (Lipinski definition) is 11. The molecule has 0 spiro atoms. The molecule has 1 aliphatic carbocycles. The van der Waals surface area contributed by atoms with Crippen molar-refractivity contribution in [3.63, 3.8) is 0 Å². The summed E-state index contributed by atoms with van der Waals surface area (Å²) in [6, 6.07) is 13.0. The van der Waals surface area contributed by atoms with E-state index in [-0.39, 0.29) is 53.6 Å². The molecule has 0 atom stereocenters. The van der Waals surface area contributed by atoms with Crippen molar-refractivity contribution in [3.05, 3.63) is 65.9 Å². The molecule has 0 saturated heterocycles. The molecular weight excluding hydrogens is 633 g/mol. The van der Waals surface area contributed by atoms with E-state index in [0.717, 1.165) is 11.1 Å². The second-order valence-corrected chi connectivity index (χ2v) is 14.9. The van der Waals surface area contributed by atoms with Gasteiger partial charge in [0.15, 0.2) is 0 Å². The number of anilines is 4. The maximum absolute atomic E-state index is 12.8. The second-order valence-electron chi connectivity index (χ2n) is 11.2. The second kappa shape index (κ2) is 14.9. The third-order valence-corrected chi connectivity index (χ3v) is 9.31. The molecule has 0 aliphatic heterocycles.